The molecule has 2 aromatic heterocycles. The number of nitrogens with one attached hydrogen (secondary N) is 1. The van der Waals surface area contributed by atoms with Crippen molar-refractivity contribution in [2.75, 3.05) is 43.9 Å². The number of carbonyl (C=O) groups is 1. The minimum atomic E-state index is -1.19. The van der Waals surface area contributed by atoms with Gasteiger partial charge in [-0.25, -0.2) is 28.5 Å². The summed E-state index contributed by atoms with van der Waals surface area (Å²) in [6.07, 6.45) is 10.0. The number of ether oxygens (including phenoxy) is 1. The molecule has 0 spiro atoms. The molecule has 1 aromatic carbocycles. The van der Waals surface area contributed by atoms with Crippen molar-refractivity contribution in [2.45, 2.75) is 25.3 Å². The Hall–Kier alpha value is -3.44. The van der Waals surface area contributed by atoms with Gasteiger partial charge < -0.3 is 15.0 Å². The van der Waals surface area contributed by atoms with Gasteiger partial charge in [0.1, 0.15) is 11.6 Å². The fourth-order valence-electron chi connectivity index (χ4n) is 4.06. The summed E-state index contributed by atoms with van der Waals surface area (Å²) in [5.41, 5.74) is 1.96. The van der Waals surface area contributed by atoms with Crippen molar-refractivity contribution in [3.8, 4) is 16.9 Å². The molecule has 0 aliphatic carbocycles. The predicted molar refractivity (Wildman–Crippen MR) is 139 cm³/mol. The third kappa shape index (κ3) is 7.05. The van der Waals surface area contributed by atoms with Crippen LogP contribution in [-0.4, -0.2) is 79.9 Å². The van der Waals surface area contributed by atoms with Crippen LogP contribution >= 0.6 is 0 Å². The molecule has 1 amide bonds. The number of rotatable bonds is 12. The lowest BCUT2D eigenvalue weighted by Crippen LogP contribution is -2.49. The van der Waals surface area contributed by atoms with Crippen LogP contribution in [0.2, 0.25) is 0 Å². The number of anilines is 1. The smallest absolute Gasteiger partial charge is 0.225 e. The molecule has 190 valence electrons. The Labute approximate surface area is 213 Å². The lowest BCUT2D eigenvalue weighted by atomic mass is 10.1. The van der Waals surface area contributed by atoms with E-state index < -0.39 is 11.0 Å². The molecule has 0 saturated carbocycles. The molecule has 3 aromatic rings. The summed E-state index contributed by atoms with van der Waals surface area (Å²) in [6.45, 7) is 2.65. The molecular weight excluding hydrogens is 478 g/mol. The number of piperazine rings is 1. The van der Waals surface area contributed by atoms with Crippen molar-refractivity contribution in [3.63, 3.8) is 0 Å². The summed E-state index contributed by atoms with van der Waals surface area (Å²) in [4.78, 5) is 30.7. The second-order valence-corrected chi connectivity index (χ2v) is 9.94. The Morgan fingerprint density at radius 3 is 2.36 bits per heavy atom. The van der Waals surface area contributed by atoms with Gasteiger partial charge in [0, 0.05) is 69.0 Å². The summed E-state index contributed by atoms with van der Waals surface area (Å²) in [7, 11) is 0.459. The van der Waals surface area contributed by atoms with Crippen LogP contribution in [0.5, 0.6) is 5.75 Å². The van der Waals surface area contributed by atoms with Gasteiger partial charge in [-0.2, -0.15) is 0 Å². The van der Waals surface area contributed by atoms with E-state index in [0.29, 0.717) is 44.3 Å². The first-order valence-electron chi connectivity index (χ1n) is 12.0. The van der Waals surface area contributed by atoms with Gasteiger partial charge in [-0.05, 0) is 36.6 Å². The topological polar surface area (TPSA) is 113 Å². The van der Waals surface area contributed by atoms with E-state index in [1.807, 2.05) is 41.0 Å². The molecule has 36 heavy (non-hydrogen) atoms. The van der Waals surface area contributed by atoms with E-state index >= 15 is 0 Å². The molecule has 1 aliphatic heterocycles. The van der Waals surface area contributed by atoms with E-state index in [1.165, 1.54) is 0 Å². The molecule has 3 heterocycles. The molecule has 11 heteroatoms. The monoisotopic (exact) mass is 509 g/mol. The highest BCUT2D eigenvalue weighted by Gasteiger charge is 2.24. The van der Waals surface area contributed by atoms with Crippen molar-refractivity contribution >= 4 is 23.3 Å². The van der Waals surface area contributed by atoms with Crippen LogP contribution in [0, 0.1) is 0 Å². The highest BCUT2D eigenvalue weighted by Crippen LogP contribution is 2.22. The molecule has 2 atom stereocenters. The standard InChI is InChI=1S/C25H31N7O3S/c1-35-23-8-6-20(7-9-23)21-16-28-25(29-17-21)31-12-14-32(15-13-31)36(34)18-22(30-19-33)4-2-5-24-26-10-3-11-27-24/h3,6-11,16-17,19,22H,2,4-5,12-15,18H2,1H3,(H,30,33). The van der Waals surface area contributed by atoms with Crippen molar-refractivity contribution in [1.82, 2.24) is 29.6 Å². The first-order valence-corrected chi connectivity index (χ1v) is 13.2. The predicted octanol–water partition coefficient (Wildman–Crippen LogP) is 1.87. The Kier molecular flexibility index (Phi) is 9.28. The highest BCUT2D eigenvalue weighted by atomic mass is 32.2. The average Bonchev–Trinajstić information content (AvgIpc) is 2.94. The largest absolute Gasteiger partial charge is 0.497 e. The number of benzene rings is 1. The fourth-order valence-corrected chi connectivity index (χ4v) is 5.45. The van der Waals surface area contributed by atoms with Gasteiger partial charge in [-0.15, -0.1) is 0 Å². The van der Waals surface area contributed by atoms with Gasteiger partial charge in [0.2, 0.25) is 12.4 Å². The number of aromatic nitrogens is 4. The zero-order chi connectivity index (χ0) is 25.2. The van der Waals surface area contributed by atoms with E-state index in [1.54, 1.807) is 25.6 Å². The first-order chi connectivity index (χ1) is 17.7. The lowest BCUT2D eigenvalue weighted by molar-refractivity contribution is -0.110. The normalized spacial score (nSPS) is 15.8. The zero-order valence-electron chi connectivity index (χ0n) is 20.3. The lowest BCUT2D eigenvalue weighted by Gasteiger charge is -2.34. The molecule has 1 N–H and O–H groups in total. The van der Waals surface area contributed by atoms with Crippen LogP contribution in [0.1, 0.15) is 18.7 Å². The van der Waals surface area contributed by atoms with Crippen molar-refractivity contribution in [2.24, 2.45) is 0 Å². The van der Waals surface area contributed by atoms with Gasteiger partial charge in [0.05, 0.1) is 23.8 Å². The second-order valence-electron chi connectivity index (χ2n) is 8.44. The molecule has 1 aliphatic rings. The summed E-state index contributed by atoms with van der Waals surface area (Å²) in [5, 5.41) is 2.82. The van der Waals surface area contributed by atoms with Crippen molar-refractivity contribution in [3.05, 3.63) is 60.9 Å². The maximum absolute atomic E-state index is 13.0. The van der Waals surface area contributed by atoms with Crippen LogP contribution in [-0.2, 0) is 22.2 Å². The minimum Gasteiger partial charge on any atom is -0.497 e. The van der Waals surface area contributed by atoms with E-state index in [2.05, 4.69) is 30.2 Å². The van der Waals surface area contributed by atoms with Gasteiger partial charge in [0.25, 0.3) is 0 Å². The summed E-state index contributed by atoms with van der Waals surface area (Å²) >= 11 is 0. The molecule has 0 bridgehead atoms. The maximum Gasteiger partial charge on any atom is 0.225 e. The third-order valence-corrected chi connectivity index (χ3v) is 7.72. The third-order valence-electron chi connectivity index (χ3n) is 6.09. The molecule has 1 saturated heterocycles. The van der Waals surface area contributed by atoms with Crippen LogP contribution in [0.15, 0.2) is 55.1 Å². The van der Waals surface area contributed by atoms with Gasteiger partial charge >= 0.3 is 0 Å². The Morgan fingerprint density at radius 2 is 1.72 bits per heavy atom. The van der Waals surface area contributed by atoms with Gasteiger partial charge in [-0.3, -0.25) is 4.79 Å². The first kappa shape index (κ1) is 25.6. The van der Waals surface area contributed by atoms with Gasteiger partial charge in [0.15, 0.2) is 0 Å². The van der Waals surface area contributed by atoms with Crippen LogP contribution in [0.4, 0.5) is 5.95 Å². The second kappa shape index (κ2) is 13.0. The molecule has 10 nitrogen and oxygen atoms in total. The van der Waals surface area contributed by atoms with E-state index in [9.17, 15) is 9.00 Å². The molecule has 0 radical (unpaired) electrons. The summed E-state index contributed by atoms with van der Waals surface area (Å²) < 4.78 is 20.2. The van der Waals surface area contributed by atoms with Crippen molar-refractivity contribution < 1.29 is 13.7 Å². The number of methoxy groups -OCH3 is 1. The molecule has 1 fully saturated rings. The average molecular weight is 510 g/mol. The molecular formula is C25H31N7O3S. The molecule has 2 unspecified atom stereocenters. The Morgan fingerprint density at radius 1 is 1.03 bits per heavy atom. The highest BCUT2D eigenvalue weighted by molar-refractivity contribution is 7.82. The number of hydrogen-bond donors (Lipinski definition) is 1. The minimum absolute atomic E-state index is 0.154. The summed E-state index contributed by atoms with van der Waals surface area (Å²) in [5.74, 6) is 2.64. The molecule has 4 rings (SSSR count). The number of amides is 1. The van der Waals surface area contributed by atoms with Crippen molar-refractivity contribution in [1.29, 1.82) is 0 Å². The number of hydrogen-bond acceptors (Lipinski definition) is 8. The number of aryl methyl sites for hydroxylation is 1. The Bertz CT molecular complexity index is 1110. The SMILES string of the molecule is COc1ccc(-c2cnc(N3CCN(S(=O)CC(CCCc4ncccn4)NC=O)CC3)nc2)cc1. The summed E-state index contributed by atoms with van der Waals surface area (Å²) in [6, 6.07) is 9.41. The Balaban J connectivity index is 1.25. The van der Waals surface area contributed by atoms with Crippen LogP contribution < -0.4 is 15.0 Å². The van der Waals surface area contributed by atoms with Crippen LogP contribution in [0.25, 0.3) is 11.1 Å². The van der Waals surface area contributed by atoms with Gasteiger partial charge in [-0.1, -0.05) is 12.1 Å². The zero-order valence-corrected chi connectivity index (χ0v) is 21.1. The van der Waals surface area contributed by atoms with E-state index in [-0.39, 0.29) is 6.04 Å². The van der Waals surface area contributed by atoms with E-state index in [0.717, 1.165) is 42.0 Å². The quantitative estimate of drug-likeness (QED) is 0.368. The fraction of sp³-hybridized carbons (Fsp3) is 0.400. The maximum atomic E-state index is 13.0. The van der Waals surface area contributed by atoms with Crippen LogP contribution in [0.3, 0.4) is 0 Å². The number of nitrogens with zero attached hydrogens (tertiary/aromatic N) is 6. The number of carbonyl (C=O) groups excluding carboxylic acids is 1. The van der Waals surface area contributed by atoms with E-state index in [4.69, 9.17) is 4.74 Å².